The predicted octanol–water partition coefficient (Wildman–Crippen LogP) is 2.23. The van der Waals surface area contributed by atoms with Gasteiger partial charge in [-0.2, -0.15) is 5.26 Å². The fourth-order valence-corrected chi connectivity index (χ4v) is 2.25. The number of carbonyl (C=O) groups excluding carboxylic acids is 1. The van der Waals surface area contributed by atoms with Crippen LogP contribution in [0.25, 0.3) is 11.0 Å². The fourth-order valence-electron chi connectivity index (χ4n) is 2.25. The molecule has 0 bridgehead atoms. The summed E-state index contributed by atoms with van der Waals surface area (Å²) in [6.07, 6.45) is 4.94. The van der Waals surface area contributed by atoms with Crippen LogP contribution in [0.15, 0.2) is 54.5 Å². The van der Waals surface area contributed by atoms with Crippen LogP contribution in [0.4, 0.5) is 0 Å². The van der Waals surface area contributed by atoms with Gasteiger partial charge < -0.3 is 15.5 Å². The molecule has 2 aromatic heterocycles. The molecule has 1 aromatic carbocycles. The maximum atomic E-state index is 11.1. The second-order valence-electron chi connectivity index (χ2n) is 4.93. The Morgan fingerprint density at radius 2 is 2.12 bits per heavy atom. The van der Waals surface area contributed by atoms with Crippen LogP contribution < -0.4 is 10.5 Å². The van der Waals surface area contributed by atoms with Crippen molar-refractivity contribution < 1.29 is 9.53 Å². The van der Waals surface area contributed by atoms with Gasteiger partial charge in [0, 0.05) is 6.20 Å². The van der Waals surface area contributed by atoms with E-state index in [0.29, 0.717) is 29.1 Å². The van der Waals surface area contributed by atoms with Crippen molar-refractivity contribution in [2.75, 3.05) is 0 Å². The minimum Gasteiger partial charge on any atom is -0.438 e. The number of primary amides is 1. The van der Waals surface area contributed by atoms with Gasteiger partial charge in [0.15, 0.2) is 0 Å². The predicted molar refractivity (Wildman–Crippen MR) is 87.0 cm³/mol. The van der Waals surface area contributed by atoms with Crippen LogP contribution in [0.1, 0.15) is 5.56 Å². The molecular formula is C17H13N5O2. The number of nitrogens with zero attached hydrogens (tertiary/aromatic N) is 3. The zero-order chi connectivity index (χ0) is 16.9. The van der Waals surface area contributed by atoms with Gasteiger partial charge in [-0.25, -0.2) is 9.97 Å². The lowest BCUT2D eigenvalue weighted by Crippen LogP contribution is -2.12. The summed E-state index contributed by atoms with van der Waals surface area (Å²) in [5, 5.41) is 9.61. The molecule has 3 aromatic rings. The Kier molecular flexibility index (Phi) is 4.21. The lowest BCUT2D eigenvalue weighted by atomic mass is 10.1. The lowest BCUT2D eigenvalue weighted by Gasteiger charge is -2.06. The summed E-state index contributed by atoms with van der Waals surface area (Å²) in [6.45, 7) is 0. The van der Waals surface area contributed by atoms with E-state index in [9.17, 15) is 4.79 Å². The third kappa shape index (κ3) is 3.08. The first-order valence-corrected chi connectivity index (χ1v) is 7.13. The molecule has 2 heterocycles. The Labute approximate surface area is 137 Å². The van der Waals surface area contributed by atoms with E-state index in [1.54, 1.807) is 12.3 Å². The van der Waals surface area contributed by atoms with Crippen LogP contribution in [0.5, 0.6) is 11.6 Å². The zero-order valence-electron chi connectivity index (χ0n) is 12.6. The highest BCUT2D eigenvalue weighted by Gasteiger charge is 2.13. The first-order chi connectivity index (χ1) is 11.7. The number of hydrogen-bond acceptors (Lipinski definition) is 5. The number of nitrogens with two attached hydrogens (primary N) is 1. The van der Waals surface area contributed by atoms with Crippen LogP contribution in [-0.2, 0) is 11.2 Å². The number of aromatic nitrogens is 3. The molecule has 0 aliphatic heterocycles. The van der Waals surface area contributed by atoms with Gasteiger partial charge in [-0.15, -0.1) is 0 Å². The highest BCUT2D eigenvalue weighted by molar-refractivity contribution is 5.96. The number of nitrogens with one attached hydrogen (secondary N) is 1. The number of carbonyl (C=O) groups is 1. The smallest absolute Gasteiger partial charge is 0.259 e. The number of fused-ring (bicyclic) bond motifs is 1. The average molecular weight is 319 g/mol. The number of hydrogen-bond donors (Lipinski definition) is 2. The summed E-state index contributed by atoms with van der Waals surface area (Å²) < 4.78 is 5.82. The number of amides is 1. The Morgan fingerprint density at radius 1 is 1.33 bits per heavy atom. The first kappa shape index (κ1) is 15.2. The quantitative estimate of drug-likeness (QED) is 0.552. The van der Waals surface area contributed by atoms with Crippen LogP contribution in [0, 0.1) is 11.3 Å². The second kappa shape index (κ2) is 6.62. The molecule has 0 unspecified atom stereocenters. The largest absolute Gasteiger partial charge is 0.438 e. The van der Waals surface area contributed by atoms with Crippen molar-refractivity contribution in [2.45, 2.75) is 6.42 Å². The summed E-state index contributed by atoms with van der Waals surface area (Å²) in [7, 11) is 0. The first-order valence-electron chi connectivity index (χ1n) is 7.13. The molecule has 24 heavy (non-hydrogen) atoms. The van der Waals surface area contributed by atoms with Gasteiger partial charge in [-0.05, 0) is 24.1 Å². The monoisotopic (exact) mass is 319 g/mol. The molecule has 0 saturated carbocycles. The van der Waals surface area contributed by atoms with Gasteiger partial charge in [0.1, 0.15) is 29.4 Å². The molecule has 0 fully saturated rings. The van der Waals surface area contributed by atoms with E-state index in [0.717, 1.165) is 5.56 Å². The number of H-pyrrole nitrogens is 1. The molecule has 118 valence electrons. The number of benzene rings is 1. The number of aromatic amines is 1. The third-order valence-electron chi connectivity index (χ3n) is 3.39. The second-order valence-corrected chi connectivity index (χ2v) is 4.93. The van der Waals surface area contributed by atoms with E-state index in [1.807, 2.05) is 30.3 Å². The van der Waals surface area contributed by atoms with Crippen LogP contribution in [-0.4, -0.2) is 20.9 Å². The van der Waals surface area contributed by atoms with Crippen molar-refractivity contribution >= 4 is 16.9 Å². The summed E-state index contributed by atoms with van der Waals surface area (Å²) in [5.74, 6) is 0.290. The van der Waals surface area contributed by atoms with E-state index in [-0.39, 0.29) is 5.57 Å². The molecule has 0 saturated heterocycles. The lowest BCUT2D eigenvalue weighted by molar-refractivity contribution is -0.114. The van der Waals surface area contributed by atoms with Gasteiger partial charge in [0.05, 0.1) is 5.39 Å². The van der Waals surface area contributed by atoms with E-state index in [2.05, 4.69) is 15.0 Å². The molecule has 0 aliphatic carbocycles. The number of para-hydroxylation sites is 1. The van der Waals surface area contributed by atoms with E-state index in [4.69, 9.17) is 15.7 Å². The summed E-state index contributed by atoms with van der Waals surface area (Å²) >= 11 is 0. The zero-order valence-corrected chi connectivity index (χ0v) is 12.6. The molecule has 0 spiro atoms. The highest BCUT2D eigenvalue weighted by Crippen LogP contribution is 2.29. The average Bonchev–Trinajstić information content (AvgIpc) is 3.00. The standard InChI is InChI=1S/C17H13N5O2/c18-8-11(15(19)23)6-7-12-9-20-16-14(12)17(22-10-21-16)24-13-4-2-1-3-5-13/h1-6,9-10H,7H2,(H2,19,23)(H,20,21,22)/b11-6+. The van der Waals surface area contributed by atoms with E-state index >= 15 is 0 Å². The van der Waals surface area contributed by atoms with Gasteiger partial charge in [0.2, 0.25) is 5.88 Å². The number of allylic oxidation sites excluding steroid dienone is 1. The van der Waals surface area contributed by atoms with Crippen LogP contribution in [0.2, 0.25) is 0 Å². The van der Waals surface area contributed by atoms with Gasteiger partial charge in [0.25, 0.3) is 5.91 Å². The third-order valence-corrected chi connectivity index (χ3v) is 3.39. The minimum atomic E-state index is -0.755. The van der Waals surface area contributed by atoms with Gasteiger partial charge in [-0.1, -0.05) is 24.3 Å². The SMILES string of the molecule is N#C/C(=C\Cc1c[nH]c2ncnc(Oc3ccccc3)c12)C(N)=O. The Bertz CT molecular complexity index is 954. The van der Waals surface area contributed by atoms with Crippen LogP contribution >= 0.6 is 0 Å². The van der Waals surface area contributed by atoms with Gasteiger partial charge in [-0.3, -0.25) is 4.79 Å². The molecule has 3 rings (SSSR count). The van der Waals surface area contributed by atoms with E-state index in [1.165, 1.54) is 12.4 Å². The summed E-state index contributed by atoms with van der Waals surface area (Å²) in [4.78, 5) is 22.5. The number of rotatable bonds is 5. The maximum Gasteiger partial charge on any atom is 0.259 e. The minimum absolute atomic E-state index is 0.0910. The van der Waals surface area contributed by atoms with Gasteiger partial charge >= 0.3 is 0 Å². The molecule has 0 atom stereocenters. The Hall–Kier alpha value is -3.66. The van der Waals surface area contributed by atoms with E-state index < -0.39 is 5.91 Å². The topological polar surface area (TPSA) is 118 Å². The van der Waals surface area contributed by atoms with Crippen molar-refractivity contribution in [3.63, 3.8) is 0 Å². The fraction of sp³-hybridized carbons (Fsp3) is 0.0588. The van der Waals surface area contributed by atoms with Crippen molar-refractivity contribution in [2.24, 2.45) is 5.73 Å². The molecule has 7 heteroatoms. The molecule has 0 radical (unpaired) electrons. The summed E-state index contributed by atoms with van der Waals surface area (Å²) in [6, 6.07) is 11.0. The normalized spacial score (nSPS) is 11.2. The molecule has 1 amide bonds. The Morgan fingerprint density at radius 3 is 2.83 bits per heavy atom. The molecule has 0 aliphatic rings. The number of nitriles is 1. The highest BCUT2D eigenvalue weighted by atomic mass is 16.5. The van der Waals surface area contributed by atoms with Crippen molar-refractivity contribution in [1.82, 2.24) is 15.0 Å². The Balaban J connectivity index is 1.98. The maximum absolute atomic E-state index is 11.1. The molecule has 3 N–H and O–H groups in total. The molecule has 7 nitrogen and oxygen atoms in total. The molecular weight excluding hydrogens is 306 g/mol. The number of ether oxygens (including phenoxy) is 1. The van der Waals surface area contributed by atoms with Crippen molar-refractivity contribution in [3.05, 3.63) is 60.1 Å². The summed E-state index contributed by atoms with van der Waals surface area (Å²) in [5.41, 5.74) is 6.46. The van der Waals surface area contributed by atoms with Crippen molar-refractivity contribution in [3.8, 4) is 17.7 Å². The van der Waals surface area contributed by atoms with Crippen molar-refractivity contribution in [1.29, 1.82) is 5.26 Å². The van der Waals surface area contributed by atoms with Crippen LogP contribution in [0.3, 0.4) is 0 Å².